The fourth-order valence-corrected chi connectivity index (χ4v) is 4.52. The van der Waals surface area contributed by atoms with Gasteiger partial charge < -0.3 is 14.6 Å². The van der Waals surface area contributed by atoms with Crippen molar-refractivity contribution in [1.82, 2.24) is 9.97 Å². The van der Waals surface area contributed by atoms with Gasteiger partial charge >= 0.3 is 0 Å². The zero-order chi connectivity index (χ0) is 21.1. The van der Waals surface area contributed by atoms with Crippen LogP contribution in [0.3, 0.4) is 0 Å². The summed E-state index contributed by atoms with van der Waals surface area (Å²) in [6.45, 7) is 6.44. The van der Waals surface area contributed by atoms with E-state index in [1.165, 1.54) is 13.2 Å². The van der Waals surface area contributed by atoms with E-state index in [1.54, 1.807) is 24.0 Å². The molecule has 2 aromatic carbocycles. The second kappa shape index (κ2) is 6.32. The molecular weight excluding hydrogens is 390 g/mol. The first-order valence-corrected chi connectivity index (χ1v) is 11.1. The van der Waals surface area contributed by atoms with Crippen LogP contribution in [0.5, 0.6) is 5.75 Å². The summed E-state index contributed by atoms with van der Waals surface area (Å²) in [5.41, 5.74) is 4.07. The van der Waals surface area contributed by atoms with Crippen LogP contribution in [0, 0.1) is 0 Å². The number of benzene rings is 2. The number of imidazole rings is 1. The number of hydrogen-bond acceptors (Lipinski definition) is 5. The van der Waals surface area contributed by atoms with Crippen LogP contribution in [-0.4, -0.2) is 44.2 Å². The third-order valence-corrected chi connectivity index (χ3v) is 6.52. The van der Waals surface area contributed by atoms with E-state index in [-0.39, 0.29) is 16.2 Å². The number of aromatic nitrogens is 2. The number of aromatic amines is 1. The zero-order valence-electron chi connectivity index (χ0n) is 17.0. The first kappa shape index (κ1) is 19.4. The molecule has 1 N–H and O–H groups in total. The Morgan fingerprint density at radius 1 is 1.24 bits per heavy atom. The Morgan fingerprint density at radius 3 is 2.59 bits per heavy atom. The molecule has 4 rings (SSSR count). The van der Waals surface area contributed by atoms with Crippen molar-refractivity contribution in [2.45, 2.75) is 31.1 Å². The highest BCUT2D eigenvalue weighted by Crippen LogP contribution is 2.43. The van der Waals surface area contributed by atoms with Crippen LogP contribution < -0.4 is 9.64 Å². The fraction of sp³-hybridized carbons (Fsp3) is 0.333. The highest BCUT2D eigenvalue weighted by Gasteiger charge is 2.37. The number of methoxy groups -OCH3 is 1. The lowest BCUT2D eigenvalue weighted by Crippen LogP contribution is -2.31. The number of sulfone groups is 1. The van der Waals surface area contributed by atoms with Crippen molar-refractivity contribution in [2.24, 2.45) is 0 Å². The maximum Gasteiger partial charge on any atom is 0.223 e. The van der Waals surface area contributed by atoms with Crippen LogP contribution in [0.1, 0.15) is 26.3 Å². The average Bonchev–Trinajstić information content (AvgIpc) is 3.17. The number of nitrogens with one attached hydrogen (secondary N) is 1. The Kier molecular flexibility index (Phi) is 4.24. The molecule has 29 heavy (non-hydrogen) atoms. The van der Waals surface area contributed by atoms with Crippen molar-refractivity contribution < 1.29 is 17.9 Å². The summed E-state index contributed by atoms with van der Waals surface area (Å²) in [7, 11) is -1.85. The van der Waals surface area contributed by atoms with Gasteiger partial charge in [-0.15, -0.1) is 0 Å². The molecule has 0 spiro atoms. The average molecular weight is 413 g/mol. The number of amides is 1. The molecule has 0 saturated heterocycles. The van der Waals surface area contributed by atoms with Crippen molar-refractivity contribution in [1.29, 1.82) is 0 Å². The minimum absolute atomic E-state index is 0.00460. The standard InChI is InChI=1S/C21H23N3O4S/c1-12(25)24-11-21(2,3)15-9-16-17(10-18(15)24)23-20(22-16)14-7-6-13(29(5,26)27)8-19(14)28-4/h6-10H,11H2,1-5H3,(H,22,23). The van der Waals surface area contributed by atoms with Gasteiger partial charge in [0.15, 0.2) is 9.84 Å². The molecule has 1 aromatic heterocycles. The topological polar surface area (TPSA) is 92.4 Å². The van der Waals surface area contributed by atoms with Gasteiger partial charge in [0.1, 0.15) is 11.6 Å². The van der Waals surface area contributed by atoms with Gasteiger partial charge in [0.25, 0.3) is 0 Å². The number of H-pyrrole nitrogens is 1. The lowest BCUT2D eigenvalue weighted by atomic mass is 9.87. The number of carbonyl (C=O) groups is 1. The summed E-state index contributed by atoms with van der Waals surface area (Å²) in [6, 6.07) is 8.70. The molecule has 0 aliphatic carbocycles. The van der Waals surface area contributed by atoms with Gasteiger partial charge in [-0.05, 0) is 35.9 Å². The van der Waals surface area contributed by atoms with Crippen LogP contribution in [-0.2, 0) is 20.0 Å². The summed E-state index contributed by atoms with van der Waals surface area (Å²) < 4.78 is 29.1. The number of fused-ring (bicyclic) bond motifs is 2. The van der Waals surface area contributed by atoms with Crippen LogP contribution in [0.25, 0.3) is 22.4 Å². The van der Waals surface area contributed by atoms with E-state index in [0.29, 0.717) is 23.7 Å². The molecule has 0 bridgehead atoms. The number of anilines is 1. The SMILES string of the molecule is COc1cc(S(C)(=O)=O)ccc1-c1nc2cc3c(cc2[nH]1)C(C)(C)CN3C(C)=O. The lowest BCUT2D eigenvalue weighted by Gasteiger charge is -2.19. The third kappa shape index (κ3) is 3.17. The number of rotatable bonds is 3. The highest BCUT2D eigenvalue weighted by atomic mass is 32.2. The third-order valence-electron chi connectivity index (χ3n) is 5.41. The Labute approximate surface area is 169 Å². The number of nitrogens with zero attached hydrogens (tertiary/aromatic N) is 2. The largest absolute Gasteiger partial charge is 0.496 e. The second-order valence-corrected chi connectivity index (χ2v) is 10.1. The highest BCUT2D eigenvalue weighted by molar-refractivity contribution is 7.90. The molecule has 3 aromatic rings. The number of ether oxygens (including phenoxy) is 1. The second-order valence-electron chi connectivity index (χ2n) is 8.10. The van der Waals surface area contributed by atoms with Gasteiger partial charge in [0.05, 0.1) is 28.6 Å². The molecule has 0 unspecified atom stereocenters. The molecule has 0 radical (unpaired) electrons. The van der Waals surface area contributed by atoms with E-state index in [2.05, 4.69) is 23.8 Å². The quantitative estimate of drug-likeness (QED) is 0.711. The molecule has 1 amide bonds. The van der Waals surface area contributed by atoms with Crippen molar-refractivity contribution in [3.8, 4) is 17.1 Å². The minimum atomic E-state index is -3.34. The summed E-state index contributed by atoms with van der Waals surface area (Å²) >= 11 is 0. The van der Waals surface area contributed by atoms with Crippen LogP contribution in [0.15, 0.2) is 35.2 Å². The van der Waals surface area contributed by atoms with Crippen LogP contribution >= 0.6 is 0 Å². The molecule has 7 nitrogen and oxygen atoms in total. The van der Waals surface area contributed by atoms with E-state index in [0.717, 1.165) is 28.5 Å². The predicted octanol–water partition coefficient (Wildman–Crippen LogP) is 3.29. The molecule has 152 valence electrons. The van der Waals surface area contributed by atoms with Gasteiger partial charge in [0.2, 0.25) is 5.91 Å². The van der Waals surface area contributed by atoms with E-state index < -0.39 is 9.84 Å². The molecule has 0 saturated carbocycles. The smallest absolute Gasteiger partial charge is 0.223 e. The normalized spacial score (nSPS) is 15.6. The number of carbonyl (C=O) groups excluding carboxylic acids is 1. The van der Waals surface area contributed by atoms with E-state index in [4.69, 9.17) is 4.74 Å². The number of hydrogen-bond donors (Lipinski definition) is 1. The first-order valence-electron chi connectivity index (χ1n) is 9.22. The van der Waals surface area contributed by atoms with E-state index >= 15 is 0 Å². The minimum Gasteiger partial charge on any atom is -0.496 e. The van der Waals surface area contributed by atoms with Crippen molar-refractivity contribution in [2.75, 3.05) is 24.8 Å². The molecule has 0 fully saturated rings. The lowest BCUT2D eigenvalue weighted by molar-refractivity contribution is -0.116. The summed E-state index contributed by atoms with van der Waals surface area (Å²) in [5.74, 6) is 1.00. The molecule has 2 heterocycles. The Balaban J connectivity index is 1.87. The van der Waals surface area contributed by atoms with Crippen LogP contribution in [0.4, 0.5) is 5.69 Å². The van der Waals surface area contributed by atoms with Gasteiger partial charge in [-0.25, -0.2) is 13.4 Å². The van der Waals surface area contributed by atoms with Gasteiger partial charge in [-0.3, -0.25) is 4.79 Å². The summed E-state index contributed by atoms with van der Waals surface area (Å²) in [6.07, 6.45) is 1.16. The molecular formula is C21H23N3O4S. The van der Waals surface area contributed by atoms with Gasteiger partial charge in [0, 0.05) is 30.8 Å². The van der Waals surface area contributed by atoms with E-state index in [1.807, 2.05) is 12.1 Å². The van der Waals surface area contributed by atoms with Gasteiger partial charge in [-0.1, -0.05) is 13.8 Å². The molecule has 1 aliphatic rings. The predicted molar refractivity (Wildman–Crippen MR) is 112 cm³/mol. The first-order chi connectivity index (χ1) is 13.5. The Bertz CT molecular complexity index is 1260. The zero-order valence-corrected chi connectivity index (χ0v) is 17.8. The monoisotopic (exact) mass is 413 g/mol. The summed E-state index contributed by atoms with van der Waals surface area (Å²) in [5, 5.41) is 0. The van der Waals surface area contributed by atoms with Crippen LogP contribution in [0.2, 0.25) is 0 Å². The molecule has 8 heteroatoms. The fourth-order valence-electron chi connectivity index (χ4n) is 3.88. The maximum atomic E-state index is 12.1. The van der Waals surface area contributed by atoms with E-state index in [9.17, 15) is 13.2 Å². The van der Waals surface area contributed by atoms with Crippen molar-refractivity contribution in [3.63, 3.8) is 0 Å². The van der Waals surface area contributed by atoms with Crippen molar-refractivity contribution in [3.05, 3.63) is 35.9 Å². The summed E-state index contributed by atoms with van der Waals surface area (Å²) in [4.78, 5) is 22.0. The van der Waals surface area contributed by atoms with Gasteiger partial charge in [-0.2, -0.15) is 0 Å². The molecule has 0 atom stereocenters. The Hall–Kier alpha value is -2.87. The van der Waals surface area contributed by atoms with Crippen molar-refractivity contribution >= 4 is 32.5 Å². The maximum absolute atomic E-state index is 12.1. The molecule has 1 aliphatic heterocycles. The Morgan fingerprint density at radius 2 is 1.97 bits per heavy atom.